The molecule has 2 aromatic rings. The molecule has 4 aliphatic rings. The van der Waals surface area contributed by atoms with Crippen LogP contribution in [-0.4, -0.2) is 57.8 Å². The minimum atomic E-state index is -0.769. The highest BCUT2D eigenvalue weighted by Crippen LogP contribution is 2.47. The number of allylic oxidation sites excluding steroid dienone is 2. The normalized spacial score (nSPS) is 27.1. The summed E-state index contributed by atoms with van der Waals surface area (Å²) in [6, 6.07) is 5.23. The first-order valence-electron chi connectivity index (χ1n) is 15.3. The van der Waals surface area contributed by atoms with Crippen LogP contribution < -0.4 is 15.8 Å². The summed E-state index contributed by atoms with van der Waals surface area (Å²) in [4.78, 5) is 34.4. The highest BCUT2D eigenvalue weighted by Gasteiger charge is 2.51. The van der Waals surface area contributed by atoms with Crippen molar-refractivity contribution in [3.63, 3.8) is 0 Å². The van der Waals surface area contributed by atoms with E-state index in [9.17, 15) is 9.59 Å². The Labute approximate surface area is 252 Å². The Balaban J connectivity index is 1.03. The number of nitrogens with zero attached hydrogens (tertiary/aromatic N) is 4. The number of primary amides is 1. The van der Waals surface area contributed by atoms with Gasteiger partial charge in [0.1, 0.15) is 16.7 Å². The van der Waals surface area contributed by atoms with Crippen molar-refractivity contribution < 1.29 is 19.1 Å². The summed E-state index contributed by atoms with van der Waals surface area (Å²) in [6.45, 7) is 11.0. The Morgan fingerprint density at radius 1 is 1.26 bits per heavy atom. The summed E-state index contributed by atoms with van der Waals surface area (Å²) in [7, 11) is 0. The van der Waals surface area contributed by atoms with E-state index in [0.29, 0.717) is 24.1 Å². The van der Waals surface area contributed by atoms with Gasteiger partial charge in [0, 0.05) is 29.8 Å². The Morgan fingerprint density at radius 2 is 2.02 bits per heavy atom. The van der Waals surface area contributed by atoms with Crippen LogP contribution in [0.5, 0.6) is 5.88 Å². The standard InChI is InChI=1S/C33H42N6O4/c1-19(43-30-24(28(34)40)16-22-7-6-12-35-29(22)38-30)13-20-14-23(15-20)37-31(41)33(5)17-36-39-26(33)11-10-25(27(39)21-8-9-21)42-18-32(2,3)4/h6-7,10-12,16-17,19-21,23,26H,8-9,13-15,18H2,1-5H3,(H2,34,40)(H,37,41)/t19?,20-,23-,26?,33?. The number of pyridine rings is 2. The minimum Gasteiger partial charge on any atom is -0.491 e. The van der Waals surface area contributed by atoms with Gasteiger partial charge in [0.05, 0.1) is 24.4 Å². The van der Waals surface area contributed by atoms with Gasteiger partial charge in [0.15, 0.2) is 5.65 Å². The van der Waals surface area contributed by atoms with Crippen LogP contribution in [0.3, 0.4) is 0 Å². The Morgan fingerprint density at radius 3 is 2.72 bits per heavy atom. The largest absolute Gasteiger partial charge is 0.491 e. The highest BCUT2D eigenvalue weighted by atomic mass is 16.5. The van der Waals surface area contributed by atoms with Gasteiger partial charge in [-0.25, -0.2) is 4.98 Å². The molecule has 3 atom stereocenters. The topological polar surface area (TPSA) is 132 Å². The van der Waals surface area contributed by atoms with E-state index in [-0.39, 0.29) is 41.0 Å². The molecule has 4 heterocycles. The van der Waals surface area contributed by atoms with E-state index >= 15 is 0 Å². The van der Waals surface area contributed by atoms with Crippen LogP contribution in [0.25, 0.3) is 11.0 Å². The van der Waals surface area contributed by atoms with Gasteiger partial charge in [-0.05, 0) is 81.6 Å². The lowest BCUT2D eigenvalue weighted by Crippen LogP contribution is -2.54. The molecule has 0 aromatic carbocycles. The van der Waals surface area contributed by atoms with E-state index in [0.717, 1.165) is 48.9 Å². The van der Waals surface area contributed by atoms with Crippen LogP contribution >= 0.6 is 0 Å². The minimum absolute atomic E-state index is 0.00526. The number of nitrogens with two attached hydrogens (primary N) is 1. The third-order valence-corrected chi connectivity index (χ3v) is 8.74. The van der Waals surface area contributed by atoms with E-state index in [1.807, 2.05) is 31.0 Å². The van der Waals surface area contributed by atoms with Crippen molar-refractivity contribution in [3.8, 4) is 5.88 Å². The summed E-state index contributed by atoms with van der Waals surface area (Å²) >= 11 is 0. The highest BCUT2D eigenvalue weighted by molar-refractivity contribution is 6.00. The molecular weight excluding hydrogens is 544 g/mol. The molecular formula is C33H42N6O4. The predicted molar refractivity (Wildman–Crippen MR) is 164 cm³/mol. The molecule has 2 aromatic heterocycles. The molecule has 2 saturated carbocycles. The number of amides is 2. The Bertz CT molecular complexity index is 1520. The second-order valence-corrected chi connectivity index (χ2v) is 14.0. The van der Waals surface area contributed by atoms with Crippen LogP contribution in [0.2, 0.25) is 0 Å². The molecule has 10 nitrogen and oxygen atoms in total. The number of rotatable bonds is 10. The Kier molecular flexibility index (Phi) is 7.42. The van der Waals surface area contributed by atoms with Gasteiger partial charge in [0.2, 0.25) is 11.8 Å². The number of aromatic nitrogens is 2. The van der Waals surface area contributed by atoms with Gasteiger partial charge < -0.3 is 20.5 Å². The molecule has 0 bridgehead atoms. The molecule has 3 N–H and O–H groups in total. The van der Waals surface area contributed by atoms with Crippen molar-refractivity contribution >= 4 is 29.1 Å². The SMILES string of the molecule is CC(C[C@H]1C[C@H](NC(=O)C2(C)C=NN3C(C4CC4)=C(OCC(C)(C)C)C=CC32)C1)Oc1nc2ncccc2cc1C(N)=O. The van der Waals surface area contributed by atoms with Crippen molar-refractivity contribution in [2.75, 3.05) is 6.61 Å². The average molecular weight is 587 g/mol. The molecule has 2 aliphatic heterocycles. The van der Waals surface area contributed by atoms with Crippen molar-refractivity contribution in [1.29, 1.82) is 0 Å². The number of nitrogens with one attached hydrogen (secondary N) is 1. The Hall–Kier alpha value is -3.95. The quantitative estimate of drug-likeness (QED) is 0.412. The monoisotopic (exact) mass is 586 g/mol. The zero-order valence-corrected chi connectivity index (χ0v) is 25.7. The lowest BCUT2D eigenvalue weighted by Gasteiger charge is -2.40. The molecule has 2 fully saturated rings. The van der Waals surface area contributed by atoms with E-state index < -0.39 is 11.3 Å². The van der Waals surface area contributed by atoms with Gasteiger partial charge in [-0.2, -0.15) is 10.1 Å². The number of hydrogen-bond donors (Lipinski definition) is 2. The van der Waals surface area contributed by atoms with Crippen LogP contribution in [0.15, 0.2) is 53.1 Å². The lowest BCUT2D eigenvalue weighted by molar-refractivity contribution is -0.129. The number of carbonyl (C=O) groups is 2. The molecule has 0 radical (unpaired) electrons. The van der Waals surface area contributed by atoms with Crippen LogP contribution in [-0.2, 0) is 9.53 Å². The fraction of sp³-hybridized carbons (Fsp3) is 0.545. The first-order valence-corrected chi connectivity index (χ1v) is 15.3. The summed E-state index contributed by atoms with van der Waals surface area (Å²) < 4.78 is 12.3. The van der Waals surface area contributed by atoms with Gasteiger partial charge >= 0.3 is 0 Å². The van der Waals surface area contributed by atoms with Gasteiger partial charge in [-0.15, -0.1) is 0 Å². The van der Waals surface area contributed by atoms with Gasteiger partial charge in [-0.1, -0.05) is 26.8 Å². The zero-order valence-electron chi connectivity index (χ0n) is 25.7. The van der Waals surface area contributed by atoms with Gasteiger partial charge in [0.25, 0.3) is 5.91 Å². The summed E-state index contributed by atoms with van der Waals surface area (Å²) in [6.07, 6.45) is 12.1. The number of hydrogen-bond acceptors (Lipinski definition) is 8. The van der Waals surface area contributed by atoms with E-state index in [2.05, 4.69) is 42.1 Å². The third-order valence-electron chi connectivity index (χ3n) is 8.74. The van der Waals surface area contributed by atoms with Crippen LogP contribution in [0, 0.1) is 22.7 Å². The fourth-order valence-corrected chi connectivity index (χ4v) is 6.16. The first kappa shape index (κ1) is 29.1. The maximum absolute atomic E-state index is 13.6. The predicted octanol–water partition coefficient (Wildman–Crippen LogP) is 4.71. The molecule has 43 heavy (non-hydrogen) atoms. The zero-order chi connectivity index (χ0) is 30.5. The number of carbonyl (C=O) groups excluding carboxylic acids is 2. The molecule has 2 aliphatic carbocycles. The molecule has 228 valence electrons. The van der Waals surface area contributed by atoms with Crippen molar-refractivity contribution in [2.45, 2.75) is 84.9 Å². The van der Waals surface area contributed by atoms with Crippen LogP contribution in [0.4, 0.5) is 0 Å². The van der Waals surface area contributed by atoms with Gasteiger partial charge in [-0.3, -0.25) is 14.6 Å². The molecule has 6 rings (SSSR count). The molecule has 0 saturated heterocycles. The molecule has 2 amide bonds. The molecule has 3 unspecified atom stereocenters. The van der Waals surface area contributed by atoms with Crippen molar-refractivity contribution in [3.05, 3.63) is 53.6 Å². The first-order chi connectivity index (χ1) is 20.4. The smallest absolute Gasteiger partial charge is 0.254 e. The van der Waals surface area contributed by atoms with Crippen molar-refractivity contribution in [2.24, 2.45) is 33.5 Å². The summed E-state index contributed by atoms with van der Waals surface area (Å²) in [5.41, 5.74) is 6.75. The lowest BCUT2D eigenvalue weighted by atomic mass is 9.75. The van der Waals surface area contributed by atoms with E-state index in [4.69, 9.17) is 20.3 Å². The van der Waals surface area contributed by atoms with Crippen molar-refractivity contribution in [1.82, 2.24) is 20.3 Å². The molecule has 10 heteroatoms. The number of ether oxygens (including phenoxy) is 2. The average Bonchev–Trinajstić information content (AvgIpc) is 3.71. The maximum atomic E-state index is 13.6. The number of fused-ring (bicyclic) bond motifs is 2. The third kappa shape index (κ3) is 5.96. The summed E-state index contributed by atoms with van der Waals surface area (Å²) in [5, 5.41) is 10.8. The number of hydrazone groups is 1. The maximum Gasteiger partial charge on any atom is 0.254 e. The fourth-order valence-electron chi connectivity index (χ4n) is 6.16. The second kappa shape index (κ2) is 11.0. The van der Waals surface area contributed by atoms with E-state index in [1.54, 1.807) is 24.5 Å². The molecule has 0 spiro atoms. The van der Waals surface area contributed by atoms with E-state index in [1.165, 1.54) is 0 Å². The summed E-state index contributed by atoms with van der Waals surface area (Å²) in [5.74, 6) is 1.32. The second-order valence-electron chi connectivity index (χ2n) is 14.0. The van der Waals surface area contributed by atoms with Crippen LogP contribution in [0.1, 0.15) is 77.1 Å².